The summed E-state index contributed by atoms with van der Waals surface area (Å²) in [7, 11) is 0. The molecule has 0 aliphatic carbocycles. The van der Waals surface area contributed by atoms with Crippen LogP contribution in [0, 0.1) is 0 Å². The molecule has 0 bridgehead atoms. The molecule has 0 radical (unpaired) electrons. The van der Waals surface area contributed by atoms with Crippen molar-refractivity contribution in [3.63, 3.8) is 0 Å². The van der Waals surface area contributed by atoms with Gasteiger partial charge >= 0.3 is 6.16 Å². The van der Waals surface area contributed by atoms with Gasteiger partial charge in [-0.25, -0.2) is 4.79 Å². The van der Waals surface area contributed by atoms with Crippen molar-refractivity contribution in [3.8, 4) is 5.75 Å². The molecule has 1 aromatic rings. The van der Waals surface area contributed by atoms with Gasteiger partial charge in [-0.05, 0) is 44.0 Å². The van der Waals surface area contributed by atoms with Gasteiger partial charge in [-0.3, -0.25) is 0 Å². The molecule has 1 rings (SSSR count). The number of anilines is 1. The Labute approximate surface area is 107 Å². The highest BCUT2D eigenvalue weighted by Crippen LogP contribution is 2.13. The molecule has 0 heterocycles. The lowest BCUT2D eigenvalue weighted by Crippen LogP contribution is -2.11. The fourth-order valence-electron chi connectivity index (χ4n) is 1.27. The number of carbonyl (C=O) groups excluding carboxylic acids is 1. The number of nitrogens with two attached hydrogens (primary N) is 1. The number of unbranched alkanes of at least 4 members (excludes halogenated alkanes) is 1. The van der Waals surface area contributed by atoms with E-state index in [0.717, 1.165) is 12.8 Å². The van der Waals surface area contributed by atoms with Crippen LogP contribution in [0.1, 0.15) is 19.8 Å². The fraction of sp³-hybridized carbons (Fsp3) is 0.462. The largest absolute Gasteiger partial charge is 0.513 e. The number of carbonyl (C=O) groups is 1. The third kappa shape index (κ3) is 6.10. The van der Waals surface area contributed by atoms with E-state index in [1.165, 1.54) is 0 Å². The molecule has 0 saturated heterocycles. The molecule has 2 N–H and O–H groups in total. The lowest BCUT2D eigenvalue weighted by atomic mass is 10.3. The van der Waals surface area contributed by atoms with E-state index in [-0.39, 0.29) is 0 Å². The second-order valence-corrected chi connectivity index (χ2v) is 3.67. The number of rotatable bonds is 7. The average Bonchev–Trinajstić information content (AvgIpc) is 2.36. The minimum atomic E-state index is -0.698. The molecule has 1 aromatic carbocycles. The number of benzene rings is 1. The highest BCUT2D eigenvalue weighted by atomic mass is 16.7. The van der Waals surface area contributed by atoms with Crippen molar-refractivity contribution in [1.29, 1.82) is 0 Å². The third-order valence-corrected chi connectivity index (χ3v) is 2.19. The Balaban J connectivity index is 2.12. The van der Waals surface area contributed by atoms with Gasteiger partial charge in [0.25, 0.3) is 0 Å². The zero-order valence-electron chi connectivity index (χ0n) is 10.6. The minimum Gasteiger partial charge on any atom is -0.434 e. The standard InChI is InChI=1S/C13H19NO4/c1-2-16-9-3-4-10-17-13(15)18-12-7-5-11(14)6-8-12/h5-8H,2-4,9-10,14H2,1H3. The van der Waals surface area contributed by atoms with Crippen LogP contribution < -0.4 is 10.5 Å². The normalized spacial score (nSPS) is 10.1. The SMILES string of the molecule is CCOCCCCOC(=O)Oc1ccc(N)cc1. The van der Waals surface area contributed by atoms with Crippen molar-refractivity contribution in [2.24, 2.45) is 0 Å². The predicted molar refractivity (Wildman–Crippen MR) is 68.6 cm³/mol. The molecular weight excluding hydrogens is 234 g/mol. The maximum Gasteiger partial charge on any atom is 0.513 e. The Morgan fingerprint density at radius 1 is 1.17 bits per heavy atom. The minimum absolute atomic E-state index is 0.334. The lowest BCUT2D eigenvalue weighted by molar-refractivity contribution is 0.0909. The van der Waals surface area contributed by atoms with Gasteiger partial charge in [-0.15, -0.1) is 0 Å². The molecule has 0 spiro atoms. The van der Waals surface area contributed by atoms with Crippen LogP contribution in [0.25, 0.3) is 0 Å². The van der Waals surface area contributed by atoms with Crippen LogP contribution in [0.5, 0.6) is 5.75 Å². The second kappa shape index (κ2) is 8.36. The Kier molecular flexibility index (Phi) is 6.64. The van der Waals surface area contributed by atoms with Gasteiger partial charge in [0.15, 0.2) is 0 Å². The zero-order valence-corrected chi connectivity index (χ0v) is 10.6. The second-order valence-electron chi connectivity index (χ2n) is 3.67. The maximum absolute atomic E-state index is 11.3. The van der Waals surface area contributed by atoms with Gasteiger partial charge in [0.05, 0.1) is 6.61 Å². The summed E-state index contributed by atoms with van der Waals surface area (Å²) < 4.78 is 15.0. The van der Waals surface area contributed by atoms with Gasteiger partial charge in [0, 0.05) is 18.9 Å². The molecule has 0 unspecified atom stereocenters. The molecule has 5 nitrogen and oxygen atoms in total. The lowest BCUT2D eigenvalue weighted by Gasteiger charge is -2.06. The van der Waals surface area contributed by atoms with Crippen molar-refractivity contribution >= 4 is 11.8 Å². The topological polar surface area (TPSA) is 70.8 Å². The van der Waals surface area contributed by atoms with E-state index in [1.54, 1.807) is 24.3 Å². The molecule has 0 amide bonds. The Hall–Kier alpha value is -1.75. The van der Waals surface area contributed by atoms with E-state index in [1.807, 2.05) is 6.92 Å². The molecule has 0 aromatic heterocycles. The summed E-state index contributed by atoms with van der Waals surface area (Å²) in [4.78, 5) is 11.3. The third-order valence-electron chi connectivity index (χ3n) is 2.19. The van der Waals surface area contributed by atoms with Gasteiger partial charge in [-0.2, -0.15) is 0 Å². The fourth-order valence-corrected chi connectivity index (χ4v) is 1.27. The molecule has 0 aliphatic rings. The van der Waals surface area contributed by atoms with Crippen molar-refractivity contribution in [3.05, 3.63) is 24.3 Å². The summed E-state index contributed by atoms with van der Waals surface area (Å²) in [6, 6.07) is 6.55. The molecule has 18 heavy (non-hydrogen) atoms. The first-order chi connectivity index (χ1) is 8.72. The molecular formula is C13H19NO4. The summed E-state index contributed by atoms with van der Waals surface area (Å²) in [5.74, 6) is 0.420. The molecule has 5 heteroatoms. The molecule has 0 aliphatic heterocycles. The molecule has 0 fully saturated rings. The van der Waals surface area contributed by atoms with Crippen LogP contribution >= 0.6 is 0 Å². The van der Waals surface area contributed by atoms with E-state index in [4.69, 9.17) is 19.9 Å². The van der Waals surface area contributed by atoms with E-state index in [2.05, 4.69) is 0 Å². The summed E-state index contributed by atoms with van der Waals surface area (Å²) in [6.45, 7) is 3.67. The van der Waals surface area contributed by atoms with Crippen molar-refractivity contribution in [1.82, 2.24) is 0 Å². The van der Waals surface area contributed by atoms with Gasteiger partial charge in [0.2, 0.25) is 0 Å². The first-order valence-corrected chi connectivity index (χ1v) is 6.00. The number of hydrogen-bond acceptors (Lipinski definition) is 5. The van der Waals surface area contributed by atoms with E-state index in [0.29, 0.717) is 31.3 Å². The van der Waals surface area contributed by atoms with Crippen LogP contribution in [-0.4, -0.2) is 26.0 Å². The first-order valence-electron chi connectivity index (χ1n) is 6.00. The molecule has 0 atom stereocenters. The first kappa shape index (κ1) is 14.3. The monoisotopic (exact) mass is 253 g/mol. The zero-order chi connectivity index (χ0) is 13.2. The van der Waals surface area contributed by atoms with Gasteiger partial charge in [-0.1, -0.05) is 0 Å². The quantitative estimate of drug-likeness (QED) is 0.350. The van der Waals surface area contributed by atoms with E-state index in [9.17, 15) is 4.79 Å². The molecule has 0 saturated carbocycles. The van der Waals surface area contributed by atoms with Crippen molar-refractivity contribution in [2.75, 3.05) is 25.6 Å². The van der Waals surface area contributed by atoms with Crippen LogP contribution in [0.2, 0.25) is 0 Å². The Bertz CT molecular complexity index is 351. The maximum atomic E-state index is 11.3. The van der Waals surface area contributed by atoms with Gasteiger partial charge < -0.3 is 19.9 Å². The Morgan fingerprint density at radius 2 is 1.83 bits per heavy atom. The number of nitrogen functional groups attached to an aromatic ring is 1. The van der Waals surface area contributed by atoms with Crippen LogP contribution in [0.4, 0.5) is 10.5 Å². The average molecular weight is 253 g/mol. The highest BCUT2D eigenvalue weighted by molar-refractivity contribution is 5.64. The van der Waals surface area contributed by atoms with Gasteiger partial charge in [0.1, 0.15) is 5.75 Å². The summed E-state index contributed by atoms with van der Waals surface area (Å²) >= 11 is 0. The number of ether oxygens (including phenoxy) is 3. The Morgan fingerprint density at radius 3 is 2.50 bits per heavy atom. The summed E-state index contributed by atoms with van der Waals surface area (Å²) in [6.07, 6.45) is 0.927. The smallest absolute Gasteiger partial charge is 0.434 e. The predicted octanol–water partition coefficient (Wildman–Crippen LogP) is 2.60. The van der Waals surface area contributed by atoms with E-state index < -0.39 is 6.16 Å². The van der Waals surface area contributed by atoms with Crippen LogP contribution in [-0.2, 0) is 9.47 Å². The van der Waals surface area contributed by atoms with Crippen LogP contribution in [0.15, 0.2) is 24.3 Å². The molecule has 100 valence electrons. The number of hydrogen-bond donors (Lipinski definition) is 1. The summed E-state index contributed by atoms with van der Waals surface area (Å²) in [5, 5.41) is 0. The van der Waals surface area contributed by atoms with Crippen LogP contribution in [0.3, 0.4) is 0 Å². The van der Waals surface area contributed by atoms with E-state index >= 15 is 0 Å². The van der Waals surface area contributed by atoms with Crippen molar-refractivity contribution < 1.29 is 19.0 Å². The highest BCUT2D eigenvalue weighted by Gasteiger charge is 2.05. The summed E-state index contributed by atoms with van der Waals surface area (Å²) in [5.41, 5.74) is 6.13. The van der Waals surface area contributed by atoms with Crippen molar-refractivity contribution in [2.45, 2.75) is 19.8 Å².